The molecule has 0 aromatic heterocycles. The van der Waals surface area contributed by atoms with Gasteiger partial charge in [-0.3, -0.25) is 9.59 Å². The van der Waals surface area contributed by atoms with Gasteiger partial charge in [-0.2, -0.15) is 0 Å². The van der Waals surface area contributed by atoms with E-state index in [2.05, 4.69) is 4.74 Å². The molecule has 0 aliphatic carbocycles. The fourth-order valence-corrected chi connectivity index (χ4v) is 0.762. The number of hydrogen-bond donors (Lipinski definition) is 0. The summed E-state index contributed by atoms with van der Waals surface area (Å²) >= 11 is 0. The van der Waals surface area contributed by atoms with Crippen molar-refractivity contribution in [2.75, 3.05) is 7.11 Å². The number of esters is 1. The Bertz CT molecular complexity index is 174. The lowest BCUT2D eigenvalue weighted by molar-refractivity contribution is -0.156. The summed E-state index contributed by atoms with van der Waals surface area (Å²) in [6.45, 7) is 4.79. The van der Waals surface area contributed by atoms with E-state index in [1.165, 1.54) is 14.0 Å². The lowest BCUT2D eigenvalue weighted by Gasteiger charge is -2.20. The van der Waals surface area contributed by atoms with Crippen molar-refractivity contribution in [2.45, 2.75) is 27.2 Å². The number of ketones is 1. The van der Waals surface area contributed by atoms with E-state index in [1.807, 2.05) is 0 Å². The maximum atomic E-state index is 11.1. The largest absolute Gasteiger partial charge is 0.468 e. The van der Waals surface area contributed by atoms with Gasteiger partial charge in [-0.25, -0.2) is 0 Å². The molecule has 0 aromatic carbocycles. The molecule has 0 unspecified atom stereocenters. The van der Waals surface area contributed by atoms with Crippen molar-refractivity contribution < 1.29 is 14.3 Å². The van der Waals surface area contributed by atoms with Crippen LogP contribution in [0, 0.1) is 5.41 Å². The predicted molar refractivity (Wildman–Crippen MR) is 41.1 cm³/mol. The van der Waals surface area contributed by atoms with Gasteiger partial charge in [0.2, 0.25) is 0 Å². The zero-order valence-electron chi connectivity index (χ0n) is 7.43. The summed E-state index contributed by atoms with van der Waals surface area (Å²) in [4.78, 5) is 22.1. The van der Waals surface area contributed by atoms with Gasteiger partial charge in [0.05, 0.1) is 7.11 Å². The molecule has 0 aliphatic rings. The Balaban J connectivity index is 4.59. The third-order valence-electron chi connectivity index (χ3n) is 2.12. The number of carbonyl (C=O) groups is 2. The van der Waals surface area contributed by atoms with E-state index >= 15 is 0 Å². The number of Topliss-reactive ketones (excluding diaryl/α,β-unsaturated/α-hetero) is 1. The second-order valence-electron chi connectivity index (χ2n) is 2.73. The molecule has 0 saturated carbocycles. The van der Waals surface area contributed by atoms with Crippen LogP contribution in [0.4, 0.5) is 0 Å². The SMILES string of the molecule is CC[C@@](C)(C(C)=O)C(=O)OC. The maximum absolute atomic E-state index is 11.1. The van der Waals surface area contributed by atoms with E-state index in [0.717, 1.165) is 0 Å². The van der Waals surface area contributed by atoms with Gasteiger partial charge in [0.1, 0.15) is 11.2 Å². The molecule has 0 bridgehead atoms. The Hall–Kier alpha value is -0.860. The van der Waals surface area contributed by atoms with Crippen molar-refractivity contribution in [3.63, 3.8) is 0 Å². The maximum Gasteiger partial charge on any atom is 0.319 e. The first kappa shape index (κ1) is 10.1. The number of hydrogen-bond acceptors (Lipinski definition) is 3. The molecular formula is C8H14O3. The highest BCUT2D eigenvalue weighted by Gasteiger charge is 2.37. The first-order valence-corrected chi connectivity index (χ1v) is 3.58. The summed E-state index contributed by atoms with van der Waals surface area (Å²) in [6, 6.07) is 0. The zero-order valence-corrected chi connectivity index (χ0v) is 7.43. The minimum absolute atomic E-state index is 0.146. The highest BCUT2D eigenvalue weighted by atomic mass is 16.5. The van der Waals surface area contributed by atoms with Crippen LogP contribution < -0.4 is 0 Å². The molecule has 0 amide bonds. The number of rotatable bonds is 3. The van der Waals surface area contributed by atoms with Crippen LogP contribution >= 0.6 is 0 Å². The van der Waals surface area contributed by atoms with Gasteiger partial charge in [-0.05, 0) is 20.3 Å². The Kier molecular flexibility index (Phi) is 3.23. The van der Waals surface area contributed by atoms with Crippen molar-refractivity contribution in [1.29, 1.82) is 0 Å². The average molecular weight is 158 g/mol. The third-order valence-corrected chi connectivity index (χ3v) is 2.12. The van der Waals surface area contributed by atoms with Gasteiger partial charge in [0, 0.05) is 0 Å². The van der Waals surface area contributed by atoms with Crippen molar-refractivity contribution >= 4 is 11.8 Å². The summed E-state index contributed by atoms with van der Waals surface area (Å²) in [5.74, 6) is -0.598. The summed E-state index contributed by atoms with van der Waals surface area (Å²) in [5.41, 5.74) is -0.950. The second kappa shape index (κ2) is 3.51. The first-order chi connectivity index (χ1) is 4.99. The van der Waals surface area contributed by atoms with Crippen LogP contribution in [-0.4, -0.2) is 18.9 Å². The van der Waals surface area contributed by atoms with Gasteiger partial charge >= 0.3 is 5.97 Å². The topological polar surface area (TPSA) is 43.4 Å². The van der Waals surface area contributed by atoms with Crippen LogP contribution in [-0.2, 0) is 14.3 Å². The molecule has 0 spiro atoms. The Morgan fingerprint density at radius 3 is 2.00 bits per heavy atom. The van der Waals surface area contributed by atoms with E-state index in [-0.39, 0.29) is 5.78 Å². The minimum Gasteiger partial charge on any atom is -0.468 e. The van der Waals surface area contributed by atoms with E-state index < -0.39 is 11.4 Å². The highest BCUT2D eigenvalue weighted by Crippen LogP contribution is 2.23. The minimum atomic E-state index is -0.950. The fraction of sp³-hybridized carbons (Fsp3) is 0.750. The van der Waals surface area contributed by atoms with Gasteiger partial charge in [0.25, 0.3) is 0 Å². The molecule has 0 N–H and O–H groups in total. The molecule has 64 valence electrons. The lowest BCUT2D eigenvalue weighted by Crippen LogP contribution is -2.35. The predicted octanol–water partition coefficient (Wildman–Crippen LogP) is 1.16. The molecule has 0 heterocycles. The number of ether oxygens (including phenoxy) is 1. The fourth-order valence-electron chi connectivity index (χ4n) is 0.762. The number of methoxy groups -OCH3 is 1. The Morgan fingerprint density at radius 1 is 1.45 bits per heavy atom. The van der Waals surface area contributed by atoms with Gasteiger partial charge in [-0.15, -0.1) is 0 Å². The quantitative estimate of drug-likeness (QED) is 0.457. The molecule has 0 radical (unpaired) electrons. The van der Waals surface area contributed by atoms with E-state index in [4.69, 9.17) is 0 Å². The third kappa shape index (κ3) is 1.79. The van der Waals surface area contributed by atoms with Crippen LogP contribution in [0.15, 0.2) is 0 Å². The molecule has 0 fully saturated rings. The molecule has 0 aromatic rings. The van der Waals surface area contributed by atoms with Crippen LogP contribution in [0.5, 0.6) is 0 Å². The number of carbonyl (C=O) groups excluding carboxylic acids is 2. The molecule has 11 heavy (non-hydrogen) atoms. The van der Waals surface area contributed by atoms with Gasteiger partial charge in [0.15, 0.2) is 0 Å². The van der Waals surface area contributed by atoms with Crippen molar-refractivity contribution in [3.05, 3.63) is 0 Å². The molecule has 0 aliphatic heterocycles. The van der Waals surface area contributed by atoms with Crippen molar-refractivity contribution in [3.8, 4) is 0 Å². The standard InChI is InChI=1S/C8H14O3/c1-5-8(3,6(2)9)7(10)11-4/h5H2,1-4H3/t8-/m0/s1. The summed E-state index contributed by atoms with van der Waals surface area (Å²) in [6.07, 6.45) is 0.481. The van der Waals surface area contributed by atoms with Gasteiger partial charge < -0.3 is 4.74 Å². The summed E-state index contributed by atoms with van der Waals surface area (Å²) in [5, 5.41) is 0. The summed E-state index contributed by atoms with van der Waals surface area (Å²) < 4.78 is 4.51. The van der Waals surface area contributed by atoms with E-state index in [9.17, 15) is 9.59 Å². The first-order valence-electron chi connectivity index (χ1n) is 3.58. The van der Waals surface area contributed by atoms with E-state index in [1.54, 1.807) is 13.8 Å². The molecule has 3 heteroatoms. The van der Waals surface area contributed by atoms with Crippen molar-refractivity contribution in [1.82, 2.24) is 0 Å². The van der Waals surface area contributed by atoms with E-state index in [0.29, 0.717) is 6.42 Å². The van der Waals surface area contributed by atoms with Gasteiger partial charge in [-0.1, -0.05) is 6.92 Å². The lowest BCUT2D eigenvalue weighted by atomic mass is 9.84. The molecule has 1 atom stereocenters. The monoisotopic (exact) mass is 158 g/mol. The highest BCUT2D eigenvalue weighted by molar-refractivity contribution is 6.02. The molecular weight excluding hydrogens is 144 g/mol. The zero-order chi connectivity index (χ0) is 9.07. The van der Waals surface area contributed by atoms with Crippen LogP contribution in [0.25, 0.3) is 0 Å². The van der Waals surface area contributed by atoms with Crippen LogP contribution in [0.3, 0.4) is 0 Å². The Labute approximate surface area is 66.7 Å². The normalized spacial score (nSPS) is 15.3. The smallest absolute Gasteiger partial charge is 0.319 e. The average Bonchev–Trinajstić information content (AvgIpc) is 2.01. The molecule has 3 nitrogen and oxygen atoms in total. The second-order valence-corrected chi connectivity index (χ2v) is 2.73. The van der Waals surface area contributed by atoms with Crippen LogP contribution in [0.2, 0.25) is 0 Å². The molecule has 0 rings (SSSR count). The summed E-state index contributed by atoms with van der Waals surface area (Å²) in [7, 11) is 1.29. The van der Waals surface area contributed by atoms with Crippen molar-refractivity contribution in [2.24, 2.45) is 5.41 Å². The van der Waals surface area contributed by atoms with Crippen LogP contribution in [0.1, 0.15) is 27.2 Å². The molecule has 0 saturated heterocycles. The Morgan fingerprint density at radius 2 is 1.91 bits per heavy atom.